The molecule has 0 bridgehead atoms. The van der Waals surface area contributed by atoms with Gasteiger partial charge < -0.3 is 4.79 Å². The highest BCUT2D eigenvalue weighted by Gasteiger charge is 2.25. The van der Waals surface area contributed by atoms with Gasteiger partial charge in [0.25, 0.3) is 5.69 Å². The lowest BCUT2D eigenvalue weighted by Crippen LogP contribution is -2.40. The van der Waals surface area contributed by atoms with Gasteiger partial charge in [-0.2, -0.15) is 0 Å². The van der Waals surface area contributed by atoms with Crippen LogP contribution in [0.2, 0.25) is 0 Å². The Morgan fingerprint density at radius 1 is 1.50 bits per heavy atom. The van der Waals surface area contributed by atoms with Gasteiger partial charge in [0.05, 0.1) is 16.7 Å². The van der Waals surface area contributed by atoms with Crippen molar-refractivity contribution in [1.29, 1.82) is 0 Å². The van der Waals surface area contributed by atoms with Gasteiger partial charge in [-0.15, -0.1) is 0 Å². The molecule has 1 aliphatic heterocycles. The lowest BCUT2D eigenvalue weighted by Gasteiger charge is -2.32. The second kappa shape index (κ2) is 6.09. The molecule has 1 aromatic rings. The number of pyridine rings is 1. The number of hydrogen-bond acceptors (Lipinski definition) is 5. The molecule has 1 fully saturated rings. The minimum atomic E-state index is -0.358. The van der Waals surface area contributed by atoms with Crippen LogP contribution in [0.3, 0.4) is 0 Å². The summed E-state index contributed by atoms with van der Waals surface area (Å²) in [7, 11) is 0. The van der Waals surface area contributed by atoms with Crippen LogP contribution in [0.1, 0.15) is 36.1 Å². The number of aldehydes is 1. The summed E-state index contributed by atoms with van der Waals surface area (Å²) in [5.74, 6) is 0. The second-order valence-corrected chi connectivity index (χ2v) is 5.29. The van der Waals surface area contributed by atoms with Gasteiger partial charge in [-0.1, -0.05) is 6.42 Å². The van der Waals surface area contributed by atoms with Gasteiger partial charge in [-0.3, -0.25) is 20.0 Å². The third-order valence-corrected chi connectivity index (χ3v) is 3.93. The number of aryl methyl sites for hydroxylation is 1. The summed E-state index contributed by atoms with van der Waals surface area (Å²) < 4.78 is 0. The fourth-order valence-corrected chi connectivity index (χ4v) is 2.77. The van der Waals surface area contributed by atoms with Crippen LogP contribution in [0.5, 0.6) is 0 Å². The van der Waals surface area contributed by atoms with E-state index < -0.39 is 0 Å². The predicted octanol–water partition coefficient (Wildman–Crippen LogP) is 2.16. The number of aromatic nitrogens is 1. The van der Waals surface area contributed by atoms with Gasteiger partial charge in [0, 0.05) is 23.9 Å². The molecule has 0 N–H and O–H groups in total. The van der Waals surface area contributed by atoms with E-state index in [1.807, 2.05) is 0 Å². The standard InChI is InChI=1S/C14H19N3O3/c1-10-7-15-13(11(2)14(10)17(19)20)8-16-6-4-3-5-12(16)9-18/h7,9,12H,3-6,8H2,1-2H3. The lowest BCUT2D eigenvalue weighted by atomic mass is 10.0. The minimum Gasteiger partial charge on any atom is -0.302 e. The van der Waals surface area contributed by atoms with Gasteiger partial charge in [0.15, 0.2) is 0 Å². The van der Waals surface area contributed by atoms with Crippen molar-refractivity contribution in [2.45, 2.75) is 45.7 Å². The summed E-state index contributed by atoms with van der Waals surface area (Å²) in [4.78, 5) is 28.2. The van der Waals surface area contributed by atoms with Crippen LogP contribution in [0, 0.1) is 24.0 Å². The van der Waals surface area contributed by atoms with Crippen LogP contribution in [-0.2, 0) is 11.3 Å². The van der Waals surface area contributed by atoms with Crippen molar-refractivity contribution >= 4 is 12.0 Å². The molecule has 1 aliphatic rings. The Kier molecular flexibility index (Phi) is 4.44. The van der Waals surface area contributed by atoms with E-state index in [1.54, 1.807) is 20.0 Å². The SMILES string of the molecule is Cc1cnc(CN2CCCCC2C=O)c(C)c1[N+](=O)[O-]. The lowest BCUT2D eigenvalue weighted by molar-refractivity contribution is -0.386. The second-order valence-electron chi connectivity index (χ2n) is 5.29. The maximum atomic E-state index is 11.1. The van der Waals surface area contributed by atoms with Crippen molar-refractivity contribution in [2.75, 3.05) is 6.54 Å². The monoisotopic (exact) mass is 277 g/mol. The number of likely N-dealkylation sites (tertiary alicyclic amines) is 1. The molecule has 0 aliphatic carbocycles. The van der Waals surface area contributed by atoms with Gasteiger partial charge >= 0.3 is 0 Å². The summed E-state index contributed by atoms with van der Waals surface area (Å²) in [6, 6.07) is -0.0923. The molecule has 0 spiro atoms. The van der Waals surface area contributed by atoms with E-state index >= 15 is 0 Å². The molecule has 1 saturated heterocycles. The van der Waals surface area contributed by atoms with E-state index in [9.17, 15) is 14.9 Å². The van der Waals surface area contributed by atoms with E-state index in [0.29, 0.717) is 23.4 Å². The summed E-state index contributed by atoms with van der Waals surface area (Å²) in [5, 5.41) is 11.1. The largest absolute Gasteiger partial charge is 0.302 e. The van der Waals surface area contributed by atoms with Crippen molar-refractivity contribution in [1.82, 2.24) is 9.88 Å². The van der Waals surface area contributed by atoms with E-state index in [4.69, 9.17) is 0 Å². The molecule has 1 atom stereocenters. The van der Waals surface area contributed by atoms with Gasteiger partial charge in [-0.05, 0) is 33.2 Å². The van der Waals surface area contributed by atoms with Crippen molar-refractivity contribution in [3.8, 4) is 0 Å². The zero-order valence-corrected chi connectivity index (χ0v) is 11.8. The van der Waals surface area contributed by atoms with Gasteiger partial charge in [0.1, 0.15) is 6.29 Å². The fraction of sp³-hybridized carbons (Fsp3) is 0.571. The molecule has 2 rings (SSSR count). The van der Waals surface area contributed by atoms with Crippen LogP contribution in [0.4, 0.5) is 5.69 Å². The van der Waals surface area contributed by atoms with Crippen molar-refractivity contribution in [3.63, 3.8) is 0 Å². The normalized spacial score (nSPS) is 19.8. The molecule has 2 heterocycles. The maximum Gasteiger partial charge on any atom is 0.278 e. The molecule has 0 saturated carbocycles. The smallest absolute Gasteiger partial charge is 0.278 e. The number of carbonyl (C=O) groups is 1. The molecule has 6 heteroatoms. The number of hydrogen-bond donors (Lipinski definition) is 0. The van der Waals surface area contributed by atoms with Crippen LogP contribution in [-0.4, -0.2) is 33.7 Å². The van der Waals surface area contributed by atoms with Crippen molar-refractivity contribution in [3.05, 3.63) is 33.1 Å². The number of nitrogens with zero attached hydrogens (tertiary/aromatic N) is 3. The molecule has 20 heavy (non-hydrogen) atoms. The molecule has 6 nitrogen and oxygen atoms in total. The van der Waals surface area contributed by atoms with Gasteiger partial charge in [0.2, 0.25) is 0 Å². The highest BCUT2D eigenvalue weighted by Crippen LogP contribution is 2.26. The summed E-state index contributed by atoms with van der Waals surface area (Å²) in [6.45, 7) is 4.76. The number of nitro groups is 1. The number of rotatable bonds is 4. The Morgan fingerprint density at radius 3 is 2.90 bits per heavy atom. The first-order valence-corrected chi connectivity index (χ1v) is 6.83. The van der Waals surface area contributed by atoms with Crippen molar-refractivity contribution < 1.29 is 9.72 Å². The molecule has 1 unspecified atom stereocenters. The van der Waals surface area contributed by atoms with Crippen LogP contribution < -0.4 is 0 Å². The Labute approximate surface area is 118 Å². The molecule has 0 aromatic carbocycles. The van der Waals surface area contributed by atoms with Crippen molar-refractivity contribution in [2.24, 2.45) is 0 Å². The summed E-state index contributed by atoms with van der Waals surface area (Å²) in [6.07, 6.45) is 5.48. The maximum absolute atomic E-state index is 11.1. The average Bonchev–Trinajstić information content (AvgIpc) is 2.42. The third kappa shape index (κ3) is 2.85. The predicted molar refractivity (Wildman–Crippen MR) is 74.5 cm³/mol. The Morgan fingerprint density at radius 2 is 2.25 bits per heavy atom. The topological polar surface area (TPSA) is 76.3 Å². The first-order chi connectivity index (χ1) is 9.54. The minimum absolute atomic E-state index is 0.0923. The Balaban J connectivity index is 2.27. The highest BCUT2D eigenvalue weighted by atomic mass is 16.6. The summed E-state index contributed by atoms with van der Waals surface area (Å²) in [5.41, 5.74) is 2.00. The molecule has 1 aromatic heterocycles. The molecule has 108 valence electrons. The first-order valence-electron chi connectivity index (χ1n) is 6.83. The molecule has 0 amide bonds. The molecular weight excluding hydrogens is 258 g/mol. The van der Waals surface area contributed by atoms with E-state index in [0.717, 1.165) is 32.1 Å². The molecule has 0 radical (unpaired) electrons. The van der Waals surface area contributed by atoms with Crippen LogP contribution in [0.25, 0.3) is 0 Å². The first kappa shape index (κ1) is 14.6. The van der Waals surface area contributed by atoms with E-state index in [2.05, 4.69) is 9.88 Å². The quantitative estimate of drug-likeness (QED) is 0.479. The van der Waals surface area contributed by atoms with Gasteiger partial charge in [-0.25, -0.2) is 0 Å². The Hall–Kier alpha value is -1.82. The van der Waals surface area contributed by atoms with Crippen LogP contribution in [0.15, 0.2) is 6.20 Å². The zero-order valence-electron chi connectivity index (χ0n) is 11.8. The van der Waals surface area contributed by atoms with Crippen LogP contribution >= 0.6 is 0 Å². The zero-order chi connectivity index (χ0) is 14.7. The number of piperidine rings is 1. The fourth-order valence-electron chi connectivity index (χ4n) is 2.77. The molecular formula is C14H19N3O3. The average molecular weight is 277 g/mol. The Bertz CT molecular complexity index is 531. The summed E-state index contributed by atoms with van der Waals surface area (Å²) >= 11 is 0. The highest BCUT2D eigenvalue weighted by molar-refractivity contribution is 5.57. The number of carbonyl (C=O) groups excluding carboxylic acids is 1. The van der Waals surface area contributed by atoms with E-state index in [1.165, 1.54) is 0 Å². The third-order valence-electron chi connectivity index (χ3n) is 3.93. The van der Waals surface area contributed by atoms with E-state index in [-0.39, 0.29) is 16.7 Å².